The van der Waals surface area contributed by atoms with Gasteiger partial charge in [-0.3, -0.25) is 10.1 Å². The van der Waals surface area contributed by atoms with Crippen LogP contribution < -0.4 is 20.1 Å². The molecular weight excluding hydrogens is 354 g/mol. The average molecular weight is 366 g/mol. The molecule has 9 heteroatoms. The number of nitrogens with one attached hydrogen (secondary N) is 2. The maximum atomic E-state index is 10.8. The van der Waals surface area contributed by atoms with Crippen LogP contribution in [0, 0.1) is 10.1 Å². The summed E-state index contributed by atoms with van der Waals surface area (Å²) in [6, 6.07) is 9.69. The summed E-state index contributed by atoms with van der Waals surface area (Å²) in [6.07, 6.45) is 0. The van der Waals surface area contributed by atoms with Gasteiger partial charge in [0.2, 0.25) is 6.79 Å². The lowest BCUT2D eigenvalue weighted by molar-refractivity contribution is -0.384. The summed E-state index contributed by atoms with van der Waals surface area (Å²) in [5, 5.41) is 17.3. The van der Waals surface area contributed by atoms with Crippen LogP contribution in [0.1, 0.15) is 5.56 Å². The standard InChI is InChI=1S/C15H12ClN3O4S/c16-11-3-2-10(19(20)21)6-12(11)18-15(24)17-7-9-1-4-13-14(5-9)23-8-22-13/h1-6H,7-8H2,(H2,17,18,24). The van der Waals surface area contributed by atoms with Crippen LogP contribution >= 0.6 is 23.8 Å². The second-order valence-corrected chi connectivity index (χ2v) is 5.73. The van der Waals surface area contributed by atoms with Gasteiger partial charge in [-0.05, 0) is 36.0 Å². The Morgan fingerprint density at radius 3 is 2.83 bits per heavy atom. The van der Waals surface area contributed by atoms with Crippen LogP contribution in [0.3, 0.4) is 0 Å². The van der Waals surface area contributed by atoms with Crippen molar-refractivity contribution in [3.8, 4) is 11.5 Å². The molecule has 0 bridgehead atoms. The quantitative estimate of drug-likeness (QED) is 0.487. The number of anilines is 1. The zero-order valence-electron chi connectivity index (χ0n) is 12.2. The Labute approximate surface area is 147 Å². The molecule has 0 saturated heterocycles. The number of rotatable bonds is 4. The summed E-state index contributed by atoms with van der Waals surface area (Å²) in [5.74, 6) is 1.40. The number of nitro groups is 1. The number of hydrogen-bond donors (Lipinski definition) is 2. The zero-order chi connectivity index (χ0) is 17.1. The summed E-state index contributed by atoms with van der Waals surface area (Å²) in [7, 11) is 0. The monoisotopic (exact) mass is 365 g/mol. The number of fused-ring (bicyclic) bond motifs is 1. The summed E-state index contributed by atoms with van der Waals surface area (Å²) < 4.78 is 10.6. The van der Waals surface area contributed by atoms with E-state index in [1.807, 2.05) is 18.2 Å². The first-order valence-corrected chi connectivity index (χ1v) is 7.69. The highest BCUT2D eigenvalue weighted by atomic mass is 35.5. The predicted molar refractivity (Wildman–Crippen MR) is 93.7 cm³/mol. The Morgan fingerprint density at radius 1 is 1.25 bits per heavy atom. The molecule has 3 rings (SSSR count). The summed E-state index contributed by atoms with van der Waals surface area (Å²) >= 11 is 11.2. The van der Waals surface area contributed by atoms with E-state index in [2.05, 4.69) is 10.6 Å². The van der Waals surface area contributed by atoms with Crippen molar-refractivity contribution >= 4 is 40.3 Å². The summed E-state index contributed by atoms with van der Waals surface area (Å²) in [4.78, 5) is 10.3. The van der Waals surface area contributed by atoms with Gasteiger partial charge in [-0.25, -0.2) is 0 Å². The molecule has 0 saturated carbocycles. The van der Waals surface area contributed by atoms with Crippen LogP contribution in [0.5, 0.6) is 11.5 Å². The molecule has 1 aliphatic heterocycles. The predicted octanol–water partition coefficient (Wildman–Crippen LogP) is 3.46. The second kappa shape index (κ2) is 6.90. The first-order valence-electron chi connectivity index (χ1n) is 6.90. The molecule has 24 heavy (non-hydrogen) atoms. The minimum absolute atomic E-state index is 0.0690. The molecule has 0 aromatic heterocycles. The molecule has 0 fully saturated rings. The third-order valence-corrected chi connectivity index (χ3v) is 3.88. The average Bonchev–Trinajstić information content (AvgIpc) is 3.02. The van der Waals surface area contributed by atoms with Gasteiger partial charge in [0.1, 0.15) is 0 Å². The number of ether oxygens (including phenoxy) is 2. The number of thiocarbonyl (C=S) groups is 1. The summed E-state index contributed by atoms with van der Waals surface area (Å²) in [5.41, 5.74) is 1.25. The number of halogens is 1. The van der Waals surface area contributed by atoms with Crippen molar-refractivity contribution in [1.82, 2.24) is 5.32 Å². The first kappa shape index (κ1) is 16.3. The van der Waals surface area contributed by atoms with Crippen molar-refractivity contribution in [3.05, 3.63) is 57.1 Å². The van der Waals surface area contributed by atoms with E-state index < -0.39 is 4.92 Å². The highest BCUT2D eigenvalue weighted by molar-refractivity contribution is 7.80. The fourth-order valence-corrected chi connectivity index (χ4v) is 2.47. The fourth-order valence-electron chi connectivity index (χ4n) is 2.12. The molecule has 1 heterocycles. The first-order chi connectivity index (χ1) is 11.5. The Balaban J connectivity index is 1.62. The molecule has 0 spiro atoms. The fraction of sp³-hybridized carbons (Fsp3) is 0.133. The molecule has 7 nitrogen and oxygen atoms in total. The van der Waals surface area contributed by atoms with Gasteiger partial charge in [0.05, 0.1) is 15.6 Å². The maximum absolute atomic E-state index is 10.8. The number of non-ortho nitro benzene ring substituents is 1. The lowest BCUT2D eigenvalue weighted by Crippen LogP contribution is -2.28. The van der Waals surface area contributed by atoms with Gasteiger partial charge in [0.25, 0.3) is 5.69 Å². The third-order valence-electron chi connectivity index (χ3n) is 3.30. The molecular formula is C15H12ClN3O4S. The van der Waals surface area contributed by atoms with Crippen LogP contribution in [0.15, 0.2) is 36.4 Å². The van der Waals surface area contributed by atoms with Crippen LogP contribution in [0.2, 0.25) is 5.02 Å². The molecule has 2 aromatic carbocycles. The third kappa shape index (κ3) is 3.66. The Hall–Kier alpha value is -2.58. The second-order valence-electron chi connectivity index (χ2n) is 4.92. The van der Waals surface area contributed by atoms with Crippen LogP contribution in [-0.4, -0.2) is 16.8 Å². The highest BCUT2D eigenvalue weighted by Crippen LogP contribution is 2.32. The van der Waals surface area contributed by atoms with E-state index in [0.717, 1.165) is 5.56 Å². The zero-order valence-corrected chi connectivity index (χ0v) is 13.8. The number of nitro benzene ring substituents is 1. The van der Waals surface area contributed by atoms with Gasteiger partial charge in [0, 0.05) is 18.7 Å². The van der Waals surface area contributed by atoms with Crippen molar-refractivity contribution in [1.29, 1.82) is 0 Å². The van der Waals surface area contributed by atoms with E-state index in [9.17, 15) is 10.1 Å². The SMILES string of the molecule is O=[N+]([O-])c1ccc(Cl)c(NC(=S)NCc2ccc3c(c2)OCO3)c1. The molecule has 0 atom stereocenters. The van der Waals surface area contributed by atoms with Gasteiger partial charge in [-0.1, -0.05) is 17.7 Å². The lowest BCUT2D eigenvalue weighted by Gasteiger charge is -2.12. The van der Waals surface area contributed by atoms with Gasteiger partial charge < -0.3 is 20.1 Å². The van der Waals surface area contributed by atoms with E-state index in [1.165, 1.54) is 18.2 Å². The smallest absolute Gasteiger partial charge is 0.271 e. The topological polar surface area (TPSA) is 85.7 Å². The van der Waals surface area contributed by atoms with Crippen LogP contribution in [0.4, 0.5) is 11.4 Å². The molecule has 0 unspecified atom stereocenters. The summed E-state index contributed by atoms with van der Waals surface area (Å²) in [6.45, 7) is 0.673. The van der Waals surface area contributed by atoms with Crippen molar-refractivity contribution < 1.29 is 14.4 Å². The molecule has 0 aliphatic carbocycles. The Morgan fingerprint density at radius 2 is 2.04 bits per heavy atom. The maximum Gasteiger partial charge on any atom is 0.271 e. The highest BCUT2D eigenvalue weighted by Gasteiger charge is 2.14. The van der Waals surface area contributed by atoms with E-state index in [0.29, 0.717) is 33.9 Å². The van der Waals surface area contributed by atoms with E-state index >= 15 is 0 Å². The van der Waals surface area contributed by atoms with E-state index in [4.69, 9.17) is 33.3 Å². The molecule has 2 aromatic rings. The van der Waals surface area contributed by atoms with Gasteiger partial charge in [-0.15, -0.1) is 0 Å². The Kier molecular flexibility index (Phi) is 4.68. The van der Waals surface area contributed by atoms with Crippen molar-refractivity contribution in [3.63, 3.8) is 0 Å². The largest absolute Gasteiger partial charge is 0.454 e. The lowest BCUT2D eigenvalue weighted by atomic mass is 10.2. The van der Waals surface area contributed by atoms with E-state index in [-0.39, 0.29) is 12.5 Å². The number of hydrogen-bond acceptors (Lipinski definition) is 5. The van der Waals surface area contributed by atoms with Gasteiger partial charge in [-0.2, -0.15) is 0 Å². The van der Waals surface area contributed by atoms with Crippen molar-refractivity contribution in [2.24, 2.45) is 0 Å². The molecule has 0 amide bonds. The molecule has 2 N–H and O–H groups in total. The van der Waals surface area contributed by atoms with Crippen molar-refractivity contribution in [2.75, 3.05) is 12.1 Å². The van der Waals surface area contributed by atoms with Crippen molar-refractivity contribution in [2.45, 2.75) is 6.54 Å². The minimum Gasteiger partial charge on any atom is -0.454 e. The van der Waals surface area contributed by atoms with Gasteiger partial charge in [0.15, 0.2) is 16.6 Å². The molecule has 1 aliphatic rings. The number of benzene rings is 2. The number of nitrogens with zero attached hydrogens (tertiary/aromatic N) is 1. The molecule has 124 valence electrons. The van der Waals surface area contributed by atoms with E-state index in [1.54, 1.807) is 0 Å². The van der Waals surface area contributed by atoms with Gasteiger partial charge >= 0.3 is 0 Å². The molecule has 0 radical (unpaired) electrons. The van der Waals surface area contributed by atoms with Crippen LogP contribution in [0.25, 0.3) is 0 Å². The Bertz CT molecular complexity index is 815. The normalized spacial score (nSPS) is 11.9. The minimum atomic E-state index is -0.495. The van der Waals surface area contributed by atoms with Crippen LogP contribution in [-0.2, 0) is 6.54 Å².